The number of aromatic nitrogens is 2. The van der Waals surface area contributed by atoms with Crippen molar-refractivity contribution < 1.29 is 5.11 Å². The molecule has 0 radical (unpaired) electrons. The predicted octanol–water partition coefficient (Wildman–Crippen LogP) is 3.02. The number of nitrogens with zero attached hydrogens (tertiary/aromatic N) is 2. The average molecular weight is 238 g/mol. The lowest BCUT2D eigenvalue weighted by Crippen LogP contribution is -2.22. The molecule has 98 valence electrons. The Hall–Kier alpha value is -0.830. The van der Waals surface area contributed by atoms with Crippen molar-refractivity contribution in [3.05, 3.63) is 18.0 Å². The first-order chi connectivity index (χ1) is 8.21. The largest absolute Gasteiger partial charge is 0.392 e. The van der Waals surface area contributed by atoms with E-state index in [9.17, 15) is 5.11 Å². The van der Waals surface area contributed by atoms with E-state index >= 15 is 0 Å². The van der Waals surface area contributed by atoms with E-state index in [1.54, 1.807) is 0 Å². The minimum absolute atomic E-state index is 0.221. The van der Waals surface area contributed by atoms with E-state index in [0.717, 1.165) is 31.4 Å². The van der Waals surface area contributed by atoms with Gasteiger partial charge in [0.2, 0.25) is 0 Å². The van der Waals surface area contributed by atoms with Crippen LogP contribution in [0.4, 0.5) is 0 Å². The van der Waals surface area contributed by atoms with Crippen LogP contribution in [0.25, 0.3) is 0 Å². The van der Waals surface area contributed by atoms with Crippen molar-refractivity contribution in [2.45, 2.75) is 65.5 Å². The van der Waals surface area contributed by atoms with Gasteiger partial charge in [0.1, 0.15) is 0 Å². The van der Waals surface area contributed by atoms with Gasteiger partial charge in [-0.3, -0.25) is 4.68 Å². The molecule has 0 aliphatic heterocycles. The Bertz CT molecular complexity index is 309. The van der Waals surface area contributed by atoms with Crippen LogP contribution in [0.5, 0.6) is 0 Å². The molecule has 0 saturated heterocycles. The summed E-state index contributed by atoms with van der Waals surface area (Å²) in [5.74, 6) is 0.430. The highest BCUT2D eigenvalue weighted by molar-refractivity contribution is 5.05. The number of aryl methyl sites for hydroxylation is 1. The van der Waals surface area contributed by atoms with Gasteiger partial charge in [-0.1, -0.05) is 33.1 Å². The molecule has 1 aromatic rings. The van der Waals surface area contributed by atoms with E-state index in [1.807, 2.05) is 17.1 Å². The van der Waals surface area contributed by atoms with Crippen LogP contribution in [-0.4, -0.2) is 21.0 Å². The molecule has 0 aliphatic rings. The van der Waals surface area contributed by atoms with Crippen LogP contribution >= 0.6 is 0 Å². The molecule has 0 fully saturated rings. The zero-order chi connectivity index (χ0) is 12.7. The quantitative estimate of drug-likeness (QED) is 0.756. The number of rotatable bonds is 8. The van der Waals surface area contributed by atoms with Crippen LogP contribution in [0.15, 0.2) is 12.4 Å². The van der Waals surface area contributed by atoms with Crippen LogP contribution in [0, 0.1) is 5.92 Å². The van der Waals surface area contributed by atoms with E-state index in [2.05, 4.69) is 25.9 Å². The molecule has 2 unspecified atom stereocenters. The van der Waals surface area contributed by atoms with E-state index in [-0.39, 0.29) is 6.10 Å². The molecule has 1 rings (SSSR count). The normalized spacial score (nSPS) is 14.8. The second-order valence-corrected chi connectivity index (χ2v) is 4.79. The van der Waals surface area contributed by atoms with Gasteiger partial charge in [0, 0.05) is 19.2 Å². The first kappa shape index (κ1) is 14.2. The molecular formula is C14H26N2O. The molecule has 0 saturated carbocycles. The highest BCUT2D eigenvalue weighted by Crippen LogP contribution is 2.19. The van der Waals surface area contributed by atoms with Gasteiger partial charge in [0.25, 0.3) is 0 Å². The summed E-state index contributed by atoms with van der Waals surface area (Å²) >= 11 is 0. The number of aliphatic hydroxyl groups is 1. The third kappa shape index (κ3) is 4.50. The van der Waals surface area contributed by atoms with Gasteiger partial charge in [-0.05, 0) is 24.8 Å². The number of unbranched alkanes of at least 4 members (excludes halogenated alkanes) is 1. The lowest BCUT2D eigenvalue weighted by atomic mass is 9.90. The first-order valence-electron chi connectivity index (χ1n) is 6.90. The molecule has 3 nitrogen and oxygen atoms in total. The second kappa shape index (κ2) is 7.49. The van der Waals surface area contributed by atoms with E-state index in [1.165, 1.54) is 12.8 Å². The maximum absolute atomic E-state index is 10.2. The van der Waals surface area contributed by atoms with Gasteiger partial charge >= 0.3 is 0 Å². The number of hydrogen-bond donors (Lipinski definition) is 1. The maximum atomic E-state index is 10.2. The molecule has 17 heavy (non-hydrogen) atoms. The van der Waals surface area contributed by atoms with Gasteiger partial charge in [0.15, 0.2) is 0 Å². The summed E-state index contributed by atoms with van der Waals surface area (Å²) in [6.45, 7) is 7.33. The van der Waals surface area contributed by atoms with Gasteiger partial charge in [-0.2, -0.15) is 5.10 Å². The van der Waals surface area contributed by atoms with Gasteiger partial charge < -0.3 is 5.11 Å². The summed E-state index contributed by atoms with van der Waals surface area (Å²) in [6.07, 6.45) is 9.04. The van der Waals surface area contributed by atoms with E-state index < -0.39 is 0 Å². The fourth-order valence-electron chi connectivity index (χ4n) is 2.23. The van der Waals surface area contributed by atoms with Crippen LogP contribution in [0.3, 0.4) is 0 Å². The fourth-order valence-corrected chi connectivity index (χ4v) is 2.23. The van der Waals surface area contributed by atoms with Crippen molar-refractivity contribution in [2.24, 2.45) is 5.92 Å². The Morgan fingerprint density at radius 3 is 2.65 bits per heavy atom. The summed E-state index contributed by atoms with van der Waals surface area (Å²) < 4.78 is 1.91. The third-order valence-corrected chi connectivity index (χ3v) is 3.45. The Kier molecular flexibility index (Phi) is 6.27. The van der Waals surface area contributed by atoms with Crippen molar-refractivity contribution in [2.75, 3.05) is 0 Å². The Morgan fingerprint density at radius 1 is 1.35 bits per heavy atom. The number of aliphatic hydroxyl groups excluding tert-OH is 1. The van der Waals surface area contributed by atoms with Gasteiger partial charge in [0.05, 0.1) is 12.3 Å². The topological polar surface area (TPSA) is 38.1 Å². The molecule has 1 N–H and O–H groups in total. The molecule has 0 aromatic carbocycles. The molecule has 0 aliphatic carbocycles. The third-order valence-electron chi connectivity index (χ3n) is 3.45. The molecule has 0 bridgehead atoms. The van der Waals surface area contributed by atoms with Crippen molar-refractivity contribution in [3.63, 3.8) is 0 Å². The van der Waals surface area contributed by atoms with Crippen LogP contribution < -0.4 is 0 Å². The monoisotopic (exact) mass is 238 g/mol. The van der Waals surface area contributed by atoms with Crippen LogP contribution in [0.2, 0.25) is 0 Å². The molecule has 0 spiro atoms. The highest BCUT2D eigenvalue weighted by atomic mass is 16.3. The zero-order valence-electron chi connectivity index (χ0n) is 11.4. The molecule has 2 atom stereocenters. The van der Waals surface area contributed by atoms with E-state index in [4.69, 9.17) is 0 Å². The van der Waals surface area contributed by atoms with Crippen molar-refractivity contribution in [1.29, 1.82) is 0 Å². The summed E-state index contributed by atoms with van der Waals surface area (Å²) in [6, 6.07) is 0. The first-order valence-corrected chi connectivity index (χ1v) is 6.90. The molecule has 3 heteroatoms. The fraction of sp³-hybridized carbons (Fsp3) is 0.786. The lowest BCUT2D eigenvalue weighted by Gasteiger charge is -2.20. The summed E-state index contributed by atoms with van der Waals surface area (Å²) in [7, 11) is 0. The molecule has 0 amide bonds. The van der Waals surface area contributed by atoms with E-state index in [0.29, 0.717) is 5.92 Å². The molecular weight excluding hydrogens is 212 g/mol. The van der Waals surface area contributed by atoms with Gasteiger partial charge in [-0.25, -0.2) is 0 Å². The zero-order valence-corrected chi connectivity index (χ0v) is 11.4. The maximum Gasteiger partial charge on any atom is 0.0609 e. The SMILES string of the molecule is CCCCC(CC)C(O)Cc1cnn(CC)c1. The van der Waals surface area contributed by atoms with Crippen molar-refractivity contribution >= 4 is 0 Å². The van der Waals surface area contributed by atoms with Crippen molar-refractivity contribution in [1.82, 2.24) is 9.78 Å². The summed E-state index contributed by atoms with van der Waals surface area (Å²) in [5, 5.41) is 14.5. The minimum atomic E-state index is -0.221. The lowest BCUT2D eigenvalue weighted by molar-refractivity contribution is 0.0987. The smallest absolute Gasteiger partial charge is 0.0609 e. The number of hydrogen-bond acceptors (Lipinski definition) is 2. The standard InChI is InChI=1S/C14H26N2O/c1-4-7-8-13(5-2)14(17)9-12-10-15-16(6-3)11-12/h10-11,13-14,17H,4-9H2,1-3H3. The molecule has 1 aromatic heterocycles. The van der Waals surface area contributed by atoms with Crippen molar-refractivity contribution in [3.8, 4) is 0 Å². The Labute approximate surface area is 105 Å². The van der Waals surface area contributed by atoms with Gasteiger partial charge in [-0.15, -0.1) is 0 Å². The second-order valence-electron chi connectivity index (χ2n) is 4.79. The molecule has 1 heterocycles. The summed E-state index contributed by atoms with van der Waals surface area (Å²) in [4.78, 5) is 0. The predicted molar refractivity (Wildman–Crippen MR) is 70.9 cm³/mol. The van der Waals surface area contributed by atoms with Crippen LogP contribution in [-0.2, 0) is 13.0 Å². The Morgan fingerprint density at radius 2 is 2.12 bits per heavy atom. The highest BCUT2D eigenvalue weighted by Gasteiger charge is 2.17. The average Bonchev–Trinajstić information content (AvgIpc) is 2.77. The Balaban J connectivity index is 2.47. The summed E-state index contributed by atoms with van der Waals surface area (Å²) in [5.41, 5.74) is 1.15. The van der Waals surface area contributed by atoms with Crippen LogP contribution in [0.1, 0.15) is 52.0 Å². The minimum Gasteiger partial charge on any atom is -0.392 e.